The summed E-state index contributed by atoms with van der Waals surface area (Å²) in [5.74, 6) is 0. The maximum atomic E-state index is 2.31. The molecule has 1 nitrogen and oxygen atoms in total. The van der Waals surface area contributed by atoms with Gasteiger partial charge in [-0.2, -0.15) is 0 Å². The van der Waals surface area contributed by atoms with Crippen molar-refractivity contribution in [2.24, 2.45) is 0 Å². The van der Waals surface area contributed by atoms with E-state index >= 15 is 0 Å². The van der Waals surface area contributed by atoms with Crippen LogP contribution in [-0.2, 0) is 6.42 Å². The topological polar surface area (TPSA) is 3.24 Å². The van der Waals surface area contributed by atoms with Crippen LogP contribution in [0.25, 0.3) is 10.8 Å². The van der Waals surface area contributed by atoms with Crippen molar-refractivity contribution in [2.75, 3.05) is 11.4 Å². The third kappa shape index (κ3) is 2.91. The van der Waals surface area contributed by atoms with Crippen LogP contribution >= 0.6 is 0 Å². The summed E-state index contributed by atoms with van der Waals surface area (Å²) in [5.41, 5.74) is 4.08. The normalized spacial score (nSPS) is 14.1. The Morgan fingerprint density at radius 1 is 0.783 bits per heavy atom. The van der Waals surface area contributed by atoms with E-state index in [0.717, 1.165) is 13.0 Å². The average molecular weight is 297 g/mol. The Kier molecular flexibility index (Phi) is 3.69. The molecular weight excluding hydrogens is 278 g/mol. The number of hydrogen-bond donors (Lipinski definition) is 0. The van der Waals surface area contributed by atoms with Crippen LogP contribution in [-0.4, -0.2) is 6.54 Å². The molecule has 1 aliphatic heterocycles. The van der Waals surface area contributed by atoms with E-state index in [1.54, 1.807) is 0 Å². The summed E-state index contributed by atoms with van der Waals surface area (Å²) in [7, 11) is 0. The Morgan fingerprint density at radius 2 is 1.57 bits per heavy atom. The highest BCUT2D eigenvalue weighted by Crippen LogP contribution is 2.24. The molecule has 0 N–H and O–H groups in total. The van der Waals surface area contributed by atoms with Crippen LogP contribution in [0.4, 0.5) is 5.69 Å². The lowest BCUT2D eigenvalue weighted by molar-refractivity contribution is 0.963. The molecule has 0 atom stereocenters. The summed E-state index contributed by atoms with van der Waals surface area (Å²) in [6.45, 7) is 0.948. The third-order valence-corrected chi connectivity index (χ3v) is 4.36. The monoisotopic (exact) mass is 297 g/mol. The predicted molar refractivity (Wildman–Crippen MR) is 98.7 cm³/mol. The zero-order valence-electron chi connectivity index (χ0n) is 13.0. The minimum absolute atomic E-state index is 0.948. The summed E-state index contributed by atoms with van der Waals surface area (Å²) in [5, 5.41) is 2.67. The van der Waals surface area contributed by atoms with Crippen LogP contribution in [0.1, 0.15) is 5.56 Å². The van der Waals surface area contributed by atoms with E-state index in [9.17, 15) is 0 Å². The molecule has 1 aliphatic rings. The molecule has 3 aromatic carbocycles. The molecule has 0 saturated heterocycles. The van der Waals surface area contributed by atoms with Crippen molar-refractivity contribution in [3.05, 3.63) is 102 Å². The molecular formula is C22H19N. The van der Waals surface area contributed by atoms with Gasteiger partial charge in [-0.15, -0.1) is 0 Å². The zero-order chi connectivity index (χ0) is 15.5. The van der Waals surface area contributed by atoms with E-state index in [0.29, 0.717) is 0 Å². The molecule has 23 heavy (non-hydrogen) atoms. The van der Waals surface area contributed by atoms with Crippen molar-refractivity contribution in [3.8, 4) is 0 Å². The number of hydrogen-bond acceptors (Lipinski definition) is 1. The Labute approximate surface area is 137 Å². The first-order valence-electron chi connectivity index (χ1n) is 8.05. The molecule has 0 unspecified atom stereocenters. The van der Waals surface area contributed by atoms with E-state index in [-0.39, 0.29) is 0 Å². The van der Waals surface area contributed by atoms with Gasteiger partial charge in [0.1, 0.15) is 0 Å². The summed E-state index contributed by atoms with van der Waals surface area (Å²) < 4.78 is 0. The number of fused-ring (bicyclic) bond motifs is 1. The van der Waals surface area contributed by atoms with E-state index in [1.807, 2.05) is 0 Å². The molecule has 0 amide bonds. The average Bonchev–Trinajstić information content (AvgIpc) is 2.63. The molecule has 0 saturated carbocycles. The fourth-order valence-corrected chi connectivity index (χ4v) is 3.21. The van der Waals surface area contributed by atoms with Gasteiger partial charge in [0, 0.05) is 18.4 Å². The van der Waals surface area contributed by atoms with Gasteiger partial charge in [0.25, 0.3) is 0 Å². The number of nitrogens with zero attached hydrogens (tertiary/aromatic N) is 1. The smallest absolute Gasteiger partial charge is 0.0441 e. The van der Waals surface area contributed by atoms with E-state index in [2.05, 4.69) is 96.0 Å². The third-order valence-electron chi connectivity index (χ3n) is 4.36. The zero-order valence-corrected chi connectivity index (χ0v) is 13.0. The van der Waals surface area contributed by atoms with Crippen molar-refractivity contribution < 1.29 is 0 Å². The molecule has 112 valence electrons. The van der Waals surface area contributed by atoms with Gasteiger partial charge in [0.15, 0.2) is 0 Å². The minimum Gasteiger partial charge on any atom is -0.344 e. The van der Waals surface area contributed by atoms with Crippen LogP contribution in [0.2, 0.25) is 0 Å². The predicted octanol–water partition coefficient (Wildman–Crippen LogP) is 5.34. The molecule has 3 aromatic rings. The lowest BCUT2D eigenvalue weighted by Gasteiger charge is -2.25. The fraction of sp³-hybridized carbons (Fsp3) is 0.0909. The second-order valence-electron chi connectivity index (χ2n) is 5.94. The van der Waals surface area contributed by atoms with Gasteiger partial charge in [-0.3, -0.25) is 0 Å². The number of anilines is 1. The number of para-hydroxylation sites is 1. The summed E-state index contributed by atoms with van der Waals surface area (Å²) in [6, 6.07) is 25.8. The maximum Gasteiger partial charge on any atom is 0.0441 e. The Morgan fingerprint density at radius 3 is 2.48 bits per heavy atom. The van der Waals surface area contributed by atoms with Crippen molar-refractivity contribution in [2.45, 2.75) is 6.42 Å². The van der Waals surface area contributed by atoms with Gasteiger partial charge in [-0.05, 0) is 46.5 Å². The summed E-state index contributed by atoms with van der Waals surface area (Å²) in [4.78, 5) is 2.31. The Hall–Kier alpha value is -2.80. The molecule has 0 spiro atoms. The SMILES string of the molecule is C1=CN(c2ccccc2)CC(Cc2cccc3ccccc23)=C1. The number of allylic oxidation sites excluding steroid dienone is 2. The van der Waals surface area contributed by atoms with Crippen molar-refractivity contribution in [3.63, 3.8) is 0 Å². The van der Waals surface area contributed by atoms with Crippen LogP contribution in [0.5, 0.6) is 0 Å². The van der Waals surface area contributed by atoms with Crippen LogP contribution in [0.15, 0.2) is 96.7 Å². The number of benzene rings is 3. The largest absolute Gasteiger partial charge is 0.344 e. The Balaban J connectivity index is 1.59. The molecule has 1 heterocycles. The first-order valence-corrected chi connectivity index (χ1v) is 8.05. The highest BCUT2D eigenvalue weighted by molar-refractivity contribution is 5.86. The first kappa shape index (κ1) is 13.8. The summed E-state index contributed by atoms with van der Waals surface area (Å²) in [6.07, 6.45) is 7.55. The van der Waals surface area contributed by atoms with Gasteiger partial charge in [0.2, 0.25) is 0 Å². The van der Waals surface area contributed by atoms with Crippen LogP contribution in [0.3, 0.4) is 0 Å². The fourth-order valence-electron chi connectivity index (χ4n) is 3.21. The molecule has 0 aliphatic carbocycles. The van der Waals surface area contributed by atoms with Crippen molar-refractivity contribution >= 4 is 16.5 Å². The van der Waals surface area contributed by atoms with E-state index in [1.165, 1.54) is 27.6 Å². The van der Waals surface area contributed by atoms with Gasteiger partial charge in [-0.1, -0.05) is 66.7 Å². The van der Waals surface area contributed by atoms with Gasteiger partial charge in [-0.25, -0.2) is 0 Å². The van der Waals surface area contributed by atoms with Crippen LogP contribution < -0.4 is 4.90 Å². The number of rotatable bonds is 3. The van der Waals surface area contributed by atoms with E-state index < -0.39 is 0 Å². The van der Waals surface area contributed by atoms with Crippen molar-refractivity contribution in [1.29, 1.82) is 0 Å². The highest BCUT2D eigenvalue weighted by Gasteiger charge is 2.11. The lowest BCUT2D eigenvalue weighted by Crippen LogP contribution is -2.22. The Bertz CT molecular complexity index is 869. The molecule has 4 rings (SSSR count). The maximum absolute atomic E-state index is 2.31. The van der Waals surface area contributed by atoms with Gasteiger partial charge >= 0.3 is 0 Å². The van der Waals surface area contributed by atoms with Gasteiger partial charge < -0.3 is 4.90 Å². The molecule has 0 bridgehead atoms. The van der Waals surface area contributed by atoms with Crippen molar-refractivity contribution in [1.82, 2.24) is 0 Å². The quantitative estimate of drug-likeness (QED) is 0.630. The lowest BCUT2D eigenvalue weighted by atomic mass is 9.97. The molecule has 0 aromatic heterocycles. The second kappa shape index (κ2) is 6.13. The first-order chi connectivity index (χ1) is 11.4. The van der Waals surface area contributed by atoms with Crippen LogP contribution in [0, 0.1) is 0 Å². The molecule has 0 radical (unpaired) electrons. The highest BCUT2D eigenvalue weighted by atomic mass is 15.1. The second-order valence-corrected chi connectivity index (χ2v) is 5.94. The van der Waals surface area contributed by atoms with E-state index in [4.69, 9.17) is 0 Å². The molecule has 1 heteroatoms. The minimum atomic E-state index is 0.948. The summed E-state index contributed by atoms with van der Waals surface area (Å²) >= 11 is 0. The standard InChI is InChI=1S/C22H19N/c1-2-12-21(13-3-1)23-15-7-8-18(17-23)16-20-11-6-10-19-9-4-5-14-22(19)20/h1-15H,16-17H2. The molecule has 0 fully saturated rings. The van der Waals surface area contributed by atoms with Gasteiger partial charge in [0.05, 0.1) is 0 Å².